The van der Waals surface area contributed by atoms with Crippen LogP contribution in [0, 0.1) is 6.92 Å². The number of carbonyl (C=O) groups is 1. The van der Waals surface area contributed by atoms with Crippen molar-refractivity contribution in [3.8, 4) is 5.69 Å². The second-order valence-electron chi connectivity index (χ2n) is 7.40. The van der Waals surface area contributed by atoms with E-state index in [0.717, 1.165) is 34.3 Å². The second-order valence-corrected chi connectivity index (χ2v) is 9.23. The average Bonchev–Trinajstić information content (AvgIpc) is 3.26. The lowest BCUT2D eigenvalue weighted by Gasteiger charge is -2.30. The molecule has 0 bridgehead atoms. The SMILES string of the molecule is Cc1ncc2c(c1CNS(C)(=O)=O)CCN(C(=O)c1cccc(-n3cccn3)c1)C2. The van der Waals surface area contributed by atoms with Crippen LogP contribution in [0.4, 0.5) is 0 Å². The topological polar surface area (TPSA) is 97.2 Å². The minimum Gasteiger partial charge on any atom is -0.334 e. The van der Waals surface area contributed by atoms with Gasteiger partial charge in [0.25, 0.3) is 5.91 Å². The summed E-state index contributed by atoms with van der Waals surface area (Å²) in [4.78, 5) is 19.3. The van der Waals surface area contributed by atoms with E-state index < -0.39 is 10.0 Å². The zero-order valence-electron chi connectivity index (χ0n) is 16.9. The van der Waals surface area contributed by atoms with Crippen molar-refractivity contribution in [2.24, 2.45) is 0 Å². The molecule has 4 rings (SSSR count). The number of aromatic nitrogens is 3. The lowest BCUT2D eigenvalue weighted by Crippen LogP contribution is -2.37. The first-order valence-corrected chi connectivity index (χ1v) is 11.5. The molecule has 2 aromatic heterocycles. The standard InChI is InChI=1S/C21H23N5O3S/c1-15-20(13-24-30(2,28)29)19-7-10-25(14-17(19)12-22-15)21(27)16-5-3-6-18(11-16)26-9-4-8-23-26/h3-6,8-9,11-12,24H,7,10,13-14H2,1-2H3. The smallest absolute Gasteiger partial charge is 0.254 e. The van der Waals surface area contributed by atoms with Crippen molar-refractivity contribution in [3.05, 3.63) is 76.9 Å². The Hall–Kier alpha value is -3.04. The first kappa shape index (κ1) is 20.2. The Kier molecular flexibility index (Phi) is 5.40. The summed E-state index contributed by atoms with van der Waals surface area (Å²) in [6.07, 6.45) is 7.11. The Labute approximate surface area is 175 Å². The number of hydrogen-bond acceptors (Lipinski definition) is 5. The van der Waals surface area contributed by atoms with Gasteiger partial charge in [0.1, 0.15) is 0 Å². The first-order valence-electron chi connectivity index (χ1n) is 9.62. The highest BCUT2D eigenvalue weighted by Crippen LogP contribution is 2.25. The van der Waals surface area contributed by atoms with Gasteiger partial charge in [0.2, 0.25) is 10.0 Å². The van der Waals surface area contributed by atoms with Crippen LogP contribution >= 0.6 is 0 Å². The summed E-state index contributed by atoms with van der Waals surface area (Å²) in [5.41, 5.74) is 5.16. The van der Waals surface area contributed by atoms with Crippen molar-refractivity contribution < 1.29 is 13.2 Å². The summed E-state index contributed by atoms with van der Waals surface area (Å²) < 4.78 is 27.3. The largest absolute Gasteiger partial charge is 0.334 e. The van der Waals surface area contributed by atoms with E-state index in [0.29, 0.717) is 25.1 Å². The molecule has 3 aromatic rings. The predicted molar refractivity (Wildman–Crippen MR) is 113 cm³/mol. The molecule has 30 heavy (non-hydrogen) atoms. The van der Waals surface area contributed by atoms with E-state index in [2.05, 4.69) is 14.8 Å². The van der Waals surface area contributed by atoms with E-state index in [1.807, 2.05) is 37.4 Å². The van der Waals surface area contributed by atoms with Gasteiger partial charge in [-0.15, -0.1) is 0 Å². The number of nitrogens with zero attached hydrogens (tertiary/aromatic N) is 4. The zero-order chi connectivity index (χ0) is 21.3. The number of hydrogen-bond donors (Lipinski definition) is 1. The van der Waals surface area contributed by atoms with Crippen LogP contribution in [0.2, 0.25) is 0 Å². The van der Waals surface area contributed by atoms with Gasteiger partial charge in [-0.3, -0.25) is 9.78 Å². The molecule has 1 aromatic carbocycles. The number of amides is 1. The van der Waals surface area contributed by atoms with Crippen molar-refractivity contribution in [2.45, 2.75) is 26.4 Å². The van der Waals surface area contributed by atoms with Crippen molar-refractivity contribution in [1.29, 1.82) is 0 Å². The second kappa shape index (κ2) is 8.00. The number of aryl methyl sites for hydroxylation is 1. The number of rotatable bonds is 5. The summed E-state index contributed by atoms with van der Waals surface area (Å²) in [7, 11) is -3.30. The molecule has 0 unspecified atom stereocenters. The summed E-state index contributed by atoms with van der Waals surface area (Å²) in [6.45, 7) is 3.09. The van der Waals surface area contributed by atoms with E-state index in [1.54, 1.807) is 28.0 Å². The molecular weight excluding hydrogens is 402 g/mol. The fourth-order valence-electron chi connectivity index (χ4n) is 3.72. The molecule has 1 amide bonds. The Morgan fingerprint density at radius 1 is 1.27 bits per heavy atom. The van der Waals surface area contributed by atoms with Gasteiger partial charge in [-0.05, 0) is 54.3 Å². The monoisotopic (exact) mass is 425 g/mol. The van der Waals surface area contributed by atoms with Crippen LogP contribution in [0.3, 0.4) is 0 Å². The van der Waals surface area contributed by atoms with Crippen LogP contribution < -0.4 is 4.72 Å². The van der Waals surface area contributed by atoms with Crippen LogP contribution in [0.1, 0.15) is 32.7 Å². The number of fused-ring (bicyclic) bond motifs is 1. The van der Waals surface area contributed by atoms with Gasteiger partial charge in [0.05, 0.1) is 11.9 Å². The van der Waals surface area contributed by atoms with Crippen LogP contribution in [0.5, 0.6) is 0 Å². The number of pyridine rings is 1. The van der Waals surface area contributed by atoms with E-state index in [1.165, 1.54) is 0 Å². The quantitative estimate of drug-likeness (QED) is 0.673. The molecule has 0 saturated heterocycles. The molecular formula is C21H23N5O3S. The molecule has 0 spiro atoms. The molecule has 0 saturated carbocycles. The van der Waals surface area contributed by atoms with E-state index >= 15 is 0 Å². The van der Waals surface area contributed by atoms with Gasteiger partial charge in [-0.25, -0.2) is 17.8 Å². The van der Waals surface area contributed by atoms with Crippen LogP contribution in [-0.4, -0.2) is 46.8 Å². The van der Waals surface area contributed by atoms with Crippen LogP contribution in [-0.2, 0) is 29.5 Å². The zero-order valence-corrected chi connectivity index (χ0v) is 17.7. The molecule has 1 aliphatic rings. The summed E-state index contributed by atoms with van der Waals surface area (Å²) in [5, 5.41) is 4.22. The van der Waals surface area contributed by atoms with Gasteiger partial charge < -0.3 is 4.90 Å². The maximum Gasteiger partial charge on any atom is 0.254 e. The molecule has 0 fully saturated rings. The molecule has 9 heteroatoms. The predicted octanol–water partition coefficient (Wildman–Crippen LogP) is 1.82. The molecule has 0 aliphatic carbocycles. The van der Waals surface area contributed by atoms with Gasteiger partial charge >= 0.3 is 0 Å². The third-order valence-corrected chi connectivity index (χ3v) is 5.92. The molecule has 1 aliphatic heterocycles. The Bertz CT molecular complexity index is 1190. The Morgan fingerprint density at radius 3 is 2.83 bits per heavy atom. The minimum absolute atomic E-state index is 0.0500. The maximum atomic E-state index is 13.1. The summed E-state index contributed by atoms with van der Waals surface area (Å²) in [6, 6.07) is 9.23. The van der Waals surface area contributed by atoms with E-state index in [9.17, 15) is 13.2 Å². The van der Waals surface area contributed by atoms with Gasteiger partial charge in [0.15, 0.2) is 0 Å². The van der Waals surface area contributed by atoms with Crippen LogP contribution in [0.25, 0.3) is 5.69 Å². The van der Waals surface area contributed by atoms with Gasteiger partial charge in [-0.1, -0.05) is 6.07 Å². The Morgan fingerprint density at radius 2 is 2.10 bits per heavy atom. The Balaban J connectivity index is 1.56. The number of carbonyl (C=O) groups excluding carboxylic acids is 1. The van der Waals surface area contributed by atoms with Crippen molar-refractivity contribution >= 4 is 15.9 Å². The lowest BCUT2D eigenvalue weighted by atomic mass is 9.94. The number of nitrogens with one attached hydrogen (secondary N) is 1. The highest BCUT2D eigenvalue weighted by Gasteiger charge is 2.25. The lowest BCUT2D eigenvalue weighted by molar-refractivity contribution is 0.0734. The van der Waals surface area contributed by atoms with Crippen molar-refractivity contribution in [3.63, 3.8) is 0 Å². The normalized spacial score (nSPS) is 13.9. The molecule has 8 nitrogen and oxygen atoms in total. The molecule has 156 valence electrons. The summed E-state index contributed by atoms with van der Waals surface area (Å²) >= 11 is 0. The molecule has 0 radical (unpaired) electrons. The molecule has 0 atom stereocenters. The third-order valence-electron chi connectivity index (χ3n) is 5.26. The van der Waals surface area contributed by atoms with Crippen molar-refractivity contribution in [2.75, 3.05) is 12.8 Å². The fraction of sp³-hybridized carbons (Fsp3) is 0.286. The van der Waals surface area contributed by atoms with Gasteiger partial charge in [-0.2, -0.15) is 5.10 Å². The summed E-state index contributed by atoms with van der Waals surface area (Å²) in [5.74, 6) is -0.0500. The van der Waals surface area contributed by atoms with Crippen molar-refractivity contribution in [1.82, 2.24) is 24.4 Å². The average molecular weight is 426 g/mol. The van der Waals surface area contributed by atoms with E-state index in [-0.39, 0.29) is 12.5 Å². The molecule has 3 heterocycles. The van der Waals surface area contributed by atoms with E-state index in [4.69, 9.17) is 0 Å². The van der Waals surface area contributed by atoms with Gasteiger partial charge in [0, 0.05) is 49.5 Å². The number of benzene rings is 1. The first-order chi connectivity index (χ1) is 14.3. The fourth-order valence-corrected chi connectivity index (χ4v) is 4.13. The number of sulfonamides is 1. The molecule has 1 N–H and O–H groups in total. The third kappa shape index (κ3) is 4.27. The highest BCUT2D eigenvalue weighted by atomic mass is 32.2. The maximum absolute atomic E-state index is 13.1. The minimum atomic E-state index is -3.30. The highest BCUT2D eigenvalue weighted by molar-refractivity contribution is 7.88. The van der Waals surface area contributed by atoms with Crippen LogP contribution in [0.15, 0.2) is 48.9 Å².